The van der Waals surface area contributed by atoms with Gasteiger partial charge < -0.3 is 15.5 Å². The molecule has 1 aromatic rings. The fraction of sp³-hybridized carbons (Fsp3) is 0.615. The van der Waals surface area contributed by atoms with Crippen LogP contribution in [0.4, 0.5) is 0 Å². The van der Waals surface area contributed by atoms with Crippen molar-refractivity contribution in [1.82, 2.24) is 10.3 Å². The van der Waals surface area contributed by atoms with Gasteiger partial charge in [-0.15, -0.1) is 11.3 Å². The summed E-state index contributed by atoms with van der Waals surface area (Å²) in [7, 11) is 0. The normalized spacial score (nSPS) is 14.7. The van der Waals surface area contributed by atoms with Crippen molar-refractivity contribution in [3.8, 4) is 0 Å². The second-order valence-electron chi connectivity index (χ2n) is 5.95. The van der Waals surface area contributed by atoms with Gasteiger partial charge in [-0.3, -0.25) is 4.79 Å². The Hall–Kier alpha value is -1.47. The predicted molar refractivity (Wildman–Crippen MR) is 76.1 cm³/mol. The standard InChI is InChI=1S/C13H20N2O4S/c1-7-8(20-10(15-7)12(2,3)4)9(16)14-6-13(5,19)11(17)18/h19H,6H2,1-5H3,(H,14,16)(H,17,18). The van der Waals surface area contributed by atoms with Gasteiger partial charge in [-0.05, 0) is 13.8 Å². The molecule has 1 unspecified atom stereocenters. The fourth-order valence-electron chi connectivity index (χ4n) is 1.34. The molecule has 1 amide bonds. The van der Waals surface area contributed by atoms with Crippen molar-refractivity contribution in [3.05, 3.63) is 15.6 Å². The topological polar surface area (TPSA) is 99.5 Å². The molecule has 0 aliphatic rings. The Morgan fingerprint density at radius 2 is 1.85 bits per heavy atom. The molecule has 20 heavy (non-hydrogen) atoms. The molecule has 0 radical (unpaired) electrons. The first kappa shape index (κ1) is 16.6. The van der Waals surface area contributed by atoms with Crippen molar-refractivity contribution < 1.29 is 19.8 Å². The predicted octanol–water partition coefficient (Wildman–Crippen LogP) is 1.31. The number of aliphatic hydroxyl groups is 1. The summed E-state index contributed by atoms with van der Waals surface area (Å²) in [5.74, 6) is -1.80. The van der Waals surface area contributed by atoms with Crippen molar-refractivity contribution in [2.45, 2.75) is 45.6 Å². The highest BCUT2D eigenvalue weighted by Gasteiger charge is 2.31. The van der Waals surface area contributed by atoms with Crippen LogP contribution in [0.25, 0.3) is 0 Å². The van der Waals surface area contributed by atoms with Crippen LogP contribution in [0.5, 0.6) is 0 Å². The van der Waals surface area contributed by atoms with Gasteiger partial charge in [0.25, 0.3) is 5.91 Å². The van der Waals surface area contributed by atoms with E-state index in [9.17, 15) is 14.7 Å². The minimum absolute atomic E-state index is 0.152. The van der Waals surface area contributed by atoms with Crippen molar-refractivity contribution in [2.24, 2.45) is 0 Å². The lowest BCUT2D eigenvalue weighted by Gasteiger charge is -2.18. The number of rotatable bonds is 4. The van der Waals surface area contributed by atoms with Gasteiger partial charge in [0.15, 0.2) is 5.60 Å². The Balaban J connectivity index is 2.84. The summed E-state index contributed by atoms with van der Waals surface area (Å²) in [6.45, 7) is 8.52. The summed E-state index contributed by atoms with van der Waals surface area (Å²) in [5.41, 5.74) is -1.53. The molecule has 3 N–H and O–H groups in total. The summed E-state index contributed by atoms with van der Waals surface area (Å²) >= 11 is 1.28. The average Bonchev–Trinajstić information content (AvgIpc) is 2.68. The van der Waals surface area contributed by atoms with E-state index in [0.29, 0.717) is 10.6 Å². The van der Waals surface area contributed by atoms with Gasteiger partial charge in [0.05, 0.1) is 17.2 Å². The smallest absolute Gasteiger partial charge is 0.337 e. The van der Waals surface area contributed by atoms with Crippen LogP contribution in [-0.4, -0.2) is 39.2 Å². The highest BCUT2D eigenvalue weighted by atomic mass is 32.1. The second-order valence-corrected chi connectivity index (χ2v) is 6.94. The lowest BCUT2D eigenvalue weighted by Crippen LogP contribution is -2.46. The Bertz CT molecular complexity index is 529. The van der Waals surface area contributed by atoms with E-state index >= 15 is 0 Å². The first-order valence-corrected chi connectivity index (χ1v) is 6.98. The SMILES string of the molecule is Cc1nc(C(C)(C)C)sc1C(=O)NCC(C)(O)C(=O)O. The van der Waals surface area contributed by atoms with E-state index < -0.39 is 17.5 Å². The molecule has 6 nitrogen and oxygen atoms in total. The van der Waals surface area contributed by atoms with E-state index in [1.807, 2.05) is 20.8 Å². The zero-order chi connectivity index (χ0) is 15.7. The van der Waals surface area contributed by atoms with Crippen LogP contribution in [0.15, 0.2) is 0 Å². The molecule has 0 aliphatic carbocycles. The van der Waals surface area contributed by atoms with Crippen molar-refractivity contribution >= 4 is 23.2 Å². The molecular weight excluding hydrogens is 280 g/mol. The number of carbonyl (C=O) groups is 2. The molecule has 0 aromatic carbocycles. The van der Waals surface area contributed by atoms with Gasteiger partial charge in [0, 0.05) is 5.41 Å². The molecule has 1 aromatic heterocycles. The molecule has 1 rings (SSSR count). The number of carboxylic acids is 1. The number of nitrogens with zero attached hydrogens (tertiary/aromatic N) is 1. The number of carbonyl (C=O) groups excluding carboxylic acids is 1. The maximum absolute atomic E-state index is 12.0. The van der Waals surface area contributed by atoms with Gasteiger partial charge in [-0.2, -0.15) is 0 Å². The summed E-state index contributed by atoms with van der Waals surface area (Å²) in [5, 5.41) is 21.6. The van der Waals surface area contributed by atoms with E-state index in [2.05, 4.69) is 10.3 Å². The van der Waals surface area contributed by atoms with Crippen LogP contribution in [0.1, 0.15) is 48.1 Å². The fourth-order valence-corrected chi connectivity index (χ4v) is 2.38. The van der Waals surface area contributed by atoms with E-state index in [1.54, 1.807) is 6.92 Å². The minimum atomic E-state index is -1.99. The molecule has 0 aliphatic heterocycles. The van der Waals surface area contributed by atoms with Gasteiger partial charge >= 0.3 is 5.97 Å². The molecule has 1 atom stereocenters. The van der Waals surface area contributed by atoms with Crippen LogP contribution < -0.4 is 5.32 Å². The Morgan fingerprint density at radius 1 is 1.30 bits per heavy atom. The van der Waals surface area contributed by atoms with Crippen molar-refractivity contribution in [1.29, 1.82) is 0 Å². The molecule has 0 fully saturated rings. The third kappa shape index (κ3) is 3.77. The molecule has 1 heterocycles. The number of aromatic nitrogens is 1. The molecule has 0 saturated carbocycles. The summed E-state index contributed by atoms with van der Waals surface area (Å²) in [4.78, 5) is 27.6. The second kappa shape index (κ2) is 5.49. The number of hydrogen-bond acceptors (Lipinski definition) is 5. The van der Waals surface area contributed by atoms with Crippen LogP contribution >= 0.6 is 11.3 Å². The molecule has 0 bridgehead atoms. The van der Waals surface area contributed by atoms with Crippen LogP contribution in [-0.2, 0) is 10.2 Å². The summed E-state index contributed by atoms with van der Waals surface area (Å²) < 4.78 is 0. The number of carboxylic acid groups (broad SMARTS) is 1. The summed E-state index contributed by atoms with van der Waals surface area (Å²) in [6, 6.07) is 0. The van der Waals surface area contributed by atoms with Gasteiger partial charge in [-0.1, -0.05) is 20.8 Å². The zero-order valence-corrected chi connectivity index (χ0v) is 13.1. The Morgan fingerprint density at radius 3 is 2.25 bits per heavy atom. The summed E-state index contributed by atoms with van der Waals surface area (Å²) in [6.07, 6.45) is 0. The van der Waals surface area contributed by atoms with Gasteiger partial charge in [-0.25, -0.2) is 9.78 Å². The Kier molecular flexibility index (Phi) is 4.55. The number of thiazole rings is 1. The van der Waals surface area contributed by atoms with Crippen LogP contribution in [0.2, 0.25) is 0 Å². The first-order valence-electron chi connectivity index (χ1n) is 6.17. The zero-order valence-electron chi connectivity index (χ0n) is 12.3. The van der Waals surface area contributed by atoms with E-state index in [4.69, 9.17) is 5.11 Å². The number of aryl methyl sites for hydroxylation is 1. The maximum Gasteiger partial charge on any atom is 0.337 e. The largest absolute Gasteiger partial charge is 0.479 e. The number of aliphatic carboxylic acids is 1. The van der Waals surface area contributed by atoms with Gasteiger partial charge in [0.2, 0.25) is 0 Å². The van der Waals surface area contributed by atoms with E-state index in [-0.39, 0.29) is 12.0 Å². The molecule has 0 saturated heterocycles. The average molecular weight is 300 g/mol. The highest BCUT2D eigenvalue weighted by Crippen LogP contribution is 2.29. The van der Waals surface area contributed by atoms with Crippen molar-refractivity contribution in [3.63, 3.8) is 0 Å². The number of hydrogen-bond donors (Lipinski definition) is 3. The van der Waals surface area contributed by atoms with Crippen molar-refractivity contribution in [2.75, 3.05) is 6.54 Å². The molecule has 7 heteroatoms. The highest BCUT2D eigenvalue weighted by molar-refractivity contribution is 7.14. The first-order chi connectivity index (χ1) is 8.95. The van der Waals surface area contributed by atoms with Crippen LogP contribution in [0.3, 0.4) is 0 Å². The third-order valence-electron chi connectivity index (χ3n) is 2.70. The molecule has 112 valence electrons. The van der Waals surface area contributed by atoms with Gasteiger partial charge in [0.1, 0.15) is 4.88 Å². The number of amides is 1. The monoisotopic (exact) mass is 300 g/mol. The maximum atomic E-state index is 12.0. The lowest BCUT2D eigenvalue weighted by atomic mass is 9.98. The van der Waals surface area contributed by atoms with Crippen LogP contribution in [0, 0.1) is 6.92 Å². The number of nitrogens with one attached hydrogen (secondary N) is 1. The van der Waals surface area contributed by atoms with E-state index in [0.717, 1.165) is 11.9 Å². The quantitative estimate of drug-likeness (QED) is 0.778. The Labute approximate surface area is 121 Å². The third-order valence-corrected chi connectivity index (χ3v) is 4.28. The molecule has 0 spiro atoms. The van der Waals surface area contributed by atoms with E-state index in [1.165, 1.54) is 11.3 Å². The lowest BCUT2D eigenvalue weighted by molar-refractivity contribution is -0.155. The minimum Gasteiger partial charge on any atom is -0.479 e. The molecular formula is C13H20N2O4S.